The molecule has 0 aliphatic carbocycles. The van der Waals surface area contributed by atoms with Crippen molar-refractivity contribution >= 4 is 118 Å². The minimum absolute atomic E-state index is 0.600. The molecular formula is C55H30N4OS2. The Balaban J connectivity index is 1.09. The second-order valence-corrected chi connectivity index (χ2v) is 18.1. The van der Waals surface area contributed by atoms with Crippen LogP contribution in [-0.4, -0.2) is 19.5 Å². The van der Waals surface area contributed by atoms with Crippen molar-refractivity contribution in [3.8, 4) is 39.9 Å². The zero-order valence-electron chi connectivity index (χ0n) is 32.8. The largest absolute Gasteiger partial charge is 0.456 e. The van der Waals surface area contributed by atoms with Crippen LogP contribution < -0.4 is 0 Å². The molecule has 5 nitrogen and oxygen atoms in total. The highest BCUT2D eigenvalue weighted by atomic mass is 32.1. The van der Waals surface area contributed by atoms with Crippen LogP contribution in [0.25, 0.3) is 135 Å². The van der Waals surface area contributed by atoms with Crippen LogP contribution in [0.15, 0.2) is 186 Å². The number of rotatable bonds is 4. The third kappa shape index (κ3) is 5.03. The summed E-state index contributed by atoms with van der Waals surface area (Å²) in [5.41, 5.74) is 7.72. The molecule has 9 aromatic carbocycles. The van der Waals surface area contributed by atoms with E-state index >= 15 is 0 Å². The van der Waals surface area contributed by atoms with Crippen molar-refractivity contribution in [2.45, 2.75) is 0 Å². The number of nitrogens with zero attached hydrogens (tertiary/aromatic N) is 4. The standard InChI is InChI=1S/C55H30N4OS2/c1-2-12-32-28-45-39(25-31(32)11-1)35-13-3-7-17-44(35)59(45)46-29-42-38-16-6-10-20-50(38)62-52(42)30-43(46)55-57-53(33-21-23-48-40(26-33)36-14-4-8-18-47(36)60-48)56-54(58-55)34-22-24-51-41(27-34)37-15-5-9-19-49(37)61-51/h1-30H. The Morgan fingerprint density at radius 1 is 0.355 bits per heavy atom. The molecule has 0 radical (unpaired) electrons. The molecule has 5 heterocycles. The van der Waals surface area contributed by atoms with E-state index < -0.39 is 0 Å². The number of para-hydroxylation sites is 2. The molecule has 0 bridgehead atoms. The maximum absolute atomic E-state index is 6.26. The minimum atomic E-state index is 0.600. The van der Waals surface area contributed by atoms with Gasteiger partial charge in [0.1, 0.15) is 11.2 Å². The van der Waals surface area contributed by atoms with E-state index in [4.69, 9.17) is 19.4 Å². The molecule has 0 N–H and O–H groups in total. The van der Waals surface area contributed by atoms with Crippen LogP contribution in [0.5, 0.6) is 0 Å². The van der Waals surface area contributed by atoms with Crippen LogP contribution in [0.2, 0.25) is 0 Å². The number of furan rings is 1. The molecule has 0 fully saturated rings. The molecular weight excluding hydrogens is 797 g/mol. The molecule has 7 heteroatoms. The van der Waals surface area contributed by atoms with E-state index in [1.807, 2.05) is 29.5 Å². The topological polar surface area (TPSA) is 56.7 Å². The van der Waals surface area contributed by atoms with Crippen LogP contribution >= 0.6 is 22.7 Å². The molecule has 0 aliphatic rings. The third-order valence-corrected chi connectivity index (χ3v) is 14.7. The van der Waals surface area contributed by atoms with E-state index in [0.29, 0.717) is 17.5 Å². The summed E-state index contributed by atoms with van der Waals surface area (Å²) in [4.78, 5) is 16.2. The average molecular weight is 827 g/mol. The van der Waals surface area contributed by atoms with Gasteiger partial charge in [-0.15, -0.1) is 22.7 Å². The van der Waals surface area contributed by atoms with E-state index in [0.717, 1.165) is 55.3 Å². The van der Waals surface area contributed by atoms with Gasteiger partial charge in [0, 0.05) is 78.6 Å². The zero-order valence-corrected chi connectivity index (χ0v) is 34.5. The summed E-state index contributed by atoms with van der Waals surface area (Å²) in [6.07, 6.45) is 0. The number of hydrogen-bond donors (Lipinski definition) is 0. The second-order valence-electron chi connectivity index (χ2n) is 16.0. The Labute approximate surface area is 361 Å². The molecule has 0 spiro atoms. The maximum atomic E-state index is 6.26. The van der Waals surface area contributed by atoms with E-state index in [-0.39, 0.29) is 0 Å². The van der Waals surface area contributed by atoms with E-state index in [9.17, 15) is 0 Å². The second kappa shape index (κ2) is 12.9. The van der Waals surface area contributed by atoms with Crippen LogP contribution in [0.4, 0.5) is 0 Å². The van der Waals surface area contributed by atoms with Crippen LogP contribution in [-0.2, 0) is 0 Å². The summed E-state index contributed by atoms with van der Waals surface area (Å²) in [5, 5.41) is 11.8. The quantitative estimate of drug-likeness (QED) is 0.177. The van der Waals surface area contributed by atoms with Gasteiger partial charge >= 0.3 is 0 Å². The number of aromatic nitrogens is 4. The fourth-order valence-electron chi connectivity index (χ4n) is 9.52. The fourth-order valence-corrected chi connectivity index (χ4v) is 11.7. The predicted molar refractivity (Wildman–Crippen MR) is 261 cm³/mol. The first-order valence-corrected chi connectivity index (χ1v) is 22.3. The third-order valence-electron chi connectivity index (χ3n) is 12.4. The van der Waals surface area contributed by atoms with Gasteiger partial charge in [-0.3, -0.25) is 0 Å². The smallest absolute Gasteiger partial charge is 0.166 e. The van der Waals surface area contributed by atoms with Gasteiger partial charge in [0.25, 0.3) is 0 Å². The highest BCUT2D eigenvalue weighted by Gasteiger charge is 2.23. The van der Waals surface area contributed by atoms with Crippen molar-refractivity contribution in [2.75, 3.05) is 0 Å². The lowest BCUT2D eigenvalue weighted by molar-refractivity contribution is 0.669. The summed E-state index contributed by atoms with van der Waals surface area (Å²) in [6, 6.07) is 65.1. The molecule has 0 atom stereocenters. The lowest BCUT2D eigenvalue weighted by Gasteiger charge is -2.16. The normalized spacial score (nSPS) is 12.2. The highest BCUT2D eigenvalue weighted by molar-refractivity contribution is 7.26. The van der Waals surface area contributed by atoms with Crippen LogP contribution in [0.3, 0.4) is 0 Å². The highest BCUT2D eigenvalue weighted by Crippen LogP contribution is 2.44. The van der Waals surface area contributed by atoms with Crippen molar-refractivity contribution in [2.24, 2.45) is 0 Å². The number of benzene rings is 9. The zero-order chi connectivity index (χ0) is 40.5. The van der Waals surface area contributed by atoms with Gasteiger partial charge in [-0.2, -0.15) is 0 Å². The van der Waals surface area contributed by atoms with Gasteiger partial charge in [0.05, 0.1) is 16.7 Å². The SMILES string of the molecule is c1ccc2cc3c(cc2c1)c1ccccc1n3-c1cc2c(cc1-c1nc(-c3ccc4oc5ccccc5c4c3)nc(-c3ccc4sc5ccccc5c4c3)n1)sc1ccccc12. The van der Waals surface area contributed by atoms with Gasteiger partial charge in [-0.1, -0.05) is 97.1 Å². The monoisotopic (exact) mass is 826 g/mol. The predicted octanol–water partition coefficient (Wildman–Crippen LogP) is 15.8. The molecule has 14 rings (SSSR count). The molecule has 0 saturated heterocycles. The Morgan fingerprint density at radius 2 is 0.919 bits per heavy atom. The molecule has 62 heavy (non-hydrogen) atoms. The van der Waals surface area contributed by atoms with Gasteiger partial charge < -0.3 is 8.98 Å². The summed E-state index contributed by atoms with van der Waals surface area (Å²) in [5.74, 6) is 1.83. The van der Waals surface area contributed by atoms with E-state index in [2.05, 4.69) is 168 Å². The molecule has 0 unspecified atom stereocenters. The summed E-state index contributed by atoms with van der Waals surface area (Å²) in [6.45, 7) is 0. The van der Waals surface area contributed by atoms with Crippen molar-refractivity contribution < 1.29 is 4.42 Å². The van der Waals surface area contributed by atoms with Crippen molar-refractivity contribution in [3.63, 3.8) is 0 Å². The van der Waals surface area contributed by atoms with Gasteiger partial charge in [0.2, 0.25) is 0 Å². The van der Waals surface area contributed by atoms with Gasteiger partial charge in [0.15, 0.2) is 17.5 Å². The molecule has 0 amide bonds. The molecule has 5 aromatic heterocycles. The number of thiophene rings is 2. The first-order chi connectivity index (χ1) is 30.7. The lowest BCUT2D eigenvalue weighted by Crippen LogP contribution is -2.04. The fraction of sp³-hybridized carbons (Fsp3) is 0. The molecule has 14 aromatic rings. The Kier molecular flexibility index (Phi) is 7.08. The van der Waals surface area contributed by atoms with Crippen molar-refractivity contribution in [1.29, 1.82) is 0 Å². The minimum Gasteiger partial charge on any atom is -0.456 e. The molecule has 0 saturated carbocycles. The Hall–Kier alpha value is -7.71. The first kappa shape index (κ1) is 34.0. The Morgan fingerprint density at radius 3 is 1.71 bits per heavy atom. The van der Waals surface area contributed by atoms with Gasteiger partial charge in [-0.25, -0.2) is 15.0 Å². The molecule has 288 valence electrons. The van der Waals surface area contributed by atoms with Gasteiger partial charge in [-0.05, 0) is 95.7 Å². The van der Waals surface area contributed by atoms with E-state index in [1.54, 1.807) is 11.3 Å². The van der Waals surface area contributed by atoms with Crippen LogP contribution in [0.1, 0.15) is 0 Å². The molecule has 0 aliphatic heterocycles. The average Bonchev–Trinajstić information content (AvgIpc) is 4.08. The maximum Gasteiger partial charge on any atom is 0.166 e. The first-order valence-electron chi connectivity index (χ1n) is 20.7. The summed E-state index contributed by atoms with van der Waals surface area (Å²) < 4.78 is 13.6. The van der Waals surface area contributed by atoms with Crippen molar-refractivity contribution in [1.82, 2.24) is 19.5 Å². The van der Waals surface area contributed by atoms with Crippen LogP contribution in [0, 0.1) is 0 Å². The number of hydrogen-bond acceptors (Lipinski definition) is 6. The lowest BCUT2D eigenvalue weighted by atomic mass is 10.0. The van der Waals surface area contributed by atoms with Crippen molar-refractivity contribution in [3.05, 3.63) is 182 Å². The number of fused-ring (bicyclic) bond motifs is 13. The summed E-state index contributed by atoms with van der Waals surface area (Å²) in [7, 11) is 0. The Bertz CT molecular complexity index is 4060. The van der Waals surface area contributed by atoms with E-state index in [1.165, 1.54) is 61.9 Å². The summed E-state index contributed by atoms with van der Waals surface area (Å²) >= 11 is 3.61.